The van der Waals surface area contributed by atoms with Crippen molar-refractivity contribution < 1.29 is 10.0 Å². The first-order chi connectivity index (χ1) is 11.2. The van der Waals surface area contributed by atoms with Gasteiger partial charge in [0.05, 0.1) is 4.92 Å². The third-order valence-corrected chi connectivity index (χ3v) is 5.18. The summed E-state index contributed by atoms with van der Waals surface area (Å²) in [6, 6.07) is 5.14. The van der Waals surface area contributed by atoms with Gasteiger partial charge in [0.15, 0.2) is 5.75 Å². The van der Waals surface area contributed by atoms with Gasteiger partial charge in [-0.05, 0) is 30.4 Å². The average Bonchev–Trinajstić information content (AvgIpc) is 2.58. The number of nitro groups is 1. The minimum absolute atomic E-state index is 0.182. The summed E-state index contributed by atoms with van der Waals surface area (Å²) in [6.07, 6.45) is 6.15. The summed E-state index contributed by atoms with van der Waals surface area (Å²) in [6.45, 7) is 3.86. The van der Waals surface area contributed by atoms with Crippen LogP contribution in [0.1, 0.15) is 43.7 Å². The number of phenols is 1. The van der Waals surface area contributed by atoms with Gasteiger partial charge in [-0.15, -0.1) is 0 Å². The van der Waals surface area contributed by atoms with E-state index < -0.39 is 4.92 Å². The first-order valence-corrected chi connectivity index (χ1v) is 8.59. The molecule has 0 bridgehead atoms. The maximum absolute atomic E-state index is 11.2. The van der Waals surface area contributed by atoms with Gasteiger partial charge in [0.2, 0.25) is 0 Å². The van der Waals surface area contributed by atoms with E-state index in [0.717, 1.165) is 31.7 Å². The fourth-order valence-corrected chi connectivity index (χ4v) is 4.06. The van der Waals surface area contributed by atoms with Crippen molar-refractivity contribution in [1.29, 1.82) is 0 Å². The minimum Gasteiger partial charge on any atom is -0.502 e. The van der Waals surface area contributed by atoms with Gasteiger partial charge in [-0.25, -0.2) is 0 Å². The van der Waals surface area contributed by atoms with Crippen LogP contribution in [0.4, 0.5) is 5.69 Å². The average molecular weight is 319 g/mol. The number of aromatic hydroxyl groups is 1. The standard InChI is InChI=1S/C17H25N3O3/c21-16-7-6-14(12-15(16)20(22)23)17(13-4-2-1-3-5-13)19-10-8-18-9-11-19/h6-7,12-13,17-18,21H,1-5,8-11H2/t17-/m0/s1. The Bertz CT molecular complexity index is 534. The number of hydrogen-bond acceptors (Lipinski definition) is 5. The Balaban J connectivity index is 1.93. The van der Waals surface area contributed by atoms with Gasteiger partial charge < -0.3 is 10.4 Å². The monoisotopic (exact) mass is 319 g/mol. The van der Waals surface area contributed by atoms with Gasteiger partial charge in [0, 0.05) is 38.3 Å². The zero-order valence-corrected chi connectivity index (χ0v) is 13.4. The zero-order chi connectivity index (χ0) is 16.2. The minimum atomic E-state index is -0.492. The van der Waals surface area contributed by atoms with Crippen LogP contribution in [0.2, 0.25) is 0 Å². The number of phenolic OH excluding ortho intramolecular Hbond substituents is 1. The molecule has 0 unspecified atom stereocenters. The molecule has 2 fully saturated rings. The maximum Gasteiger partial charge on any atom is 0.311 e. The Hall–Kier alpha value is -1.66. The van der Waals surface area contributed by atoms with Crippen molar-refractivity contribution in [2.45, 2.75) is 38.1 Å². The van der Waals surface area contributed by atoms with E-state index in [2.05, 4.69) is 10.2 Å². The van der Waals surface area contributed by atoms with Crippen LogP contribution in [0, 0.1) is 16.0 Å². The Morgan fingerprint density at radius 3 is 2.57 bits per heavy atom. The molecular formula is C17H25N3O3. The van der Waals surface area contributed by atoms with Crippen LogP contribution >= 0.6 is 0 Å². The van der Waals surface area contributed by atoms with Crippen molar-refractivity contribution in [2.75, 3.05) is 26.2 Å². The van der Waals surface area contributed by atoms with E-state index in [1.54, 1.807) is 6.07 Å². The molecule has 2 N–H and O–H groups in total. The Morgan fingerprint density at radius 2 is 1.91 bits per heavy atom. The molecule has 0 aromatic heterocycles. The third-order valence-electron chi connectivity index (χ3n) is 5.18. The molecule has 1 heterocycles. The first kappa shape index (κ1) is 16.2. The summed E-state index contributed by atoms with van der Waals surface area (Å²) in [7, 11) is 0. The van der Waals surface area contributed by atoms with Crippen LogP contribution < -0.4 is 5.32 Å². The van der Waals surface area contributed by atoms with Crippen molar-refractivity contribution in [3.05, 3.63) is 33.9 Å². The lowest BCUT2D eigenvalue weighted by atomic mass is 9.80. The molecule has 1 aliphatic heterocycles. The summed E-state index contributed by atoms with van der Waals surface area (Å²) >= 11 is 0. The summed E-state index contributed by atoms with van der Waals surface area (Å²) in [5.41, 5.74) is 0.793. The quantitative estimate of drug-likeness (QED) is 0.659. The highest BCUT2D eigenvalue weighted by Gasteiger charge is 2.32. The van der Waals surface area contributed by atoms with E-state index in [1.165, 1.54) is 38.2 Å². The number of nitrogens with zero attached hydrogens (tertiary/aromatic N) is 2. The zero-order valence-electron chi connectivity index (χ0n) is 13.4. The molecule has 3 rings (SSSR count). The fraction of sp³-hybridized carbons (Fsp3) is 0.647. The van der Waals surface area contributed by atoms with Crippen LogP contribution in [0.15, 0.2) is 18.2 Å². The SMILES string of the molecule is O=[N+]([O-])c1cc([C@H](C2CCCCC2)N2CCNCC2)ccc1O. The van der Waals surface area contributed by atoms with E-state index in [9.17, 15) is 15.2 Å². The molecule has 126 valence electrons. The molecule has 1 aromatic carbocycles. The Kier molecular flexibility index (Phi) is 5.13. The lowest BCUT2D eigenvalue weighted by molar-refractivity contribution is -0.386. The van der Waals surface area contributed by atoms with Crippen molar-refractivity contribution in [1.82, 2.24) is 10.2 Å². The largest absolute Gasteiger partial charge is 0.502 e. The van der Waals surface area contributed by atoms with Crippen molar-refractivity contribution in [3.8, 4) is 5.75 Å². The molecule has 1 aromatic rings. The highest BCUT2D eigenvalue weighted by Crippen LogP contribution is 2.40. The molecule has 1 aliphatic carbocycles. The van der Waals surface area contributed by atoms with Crippen LogP contribution in [0.5, 0.6) is 5.75 Å². The van der Waals surface area contributed by atoms with Crippen LogP contribution in [0.25, 0.3) is 0 Å². The van der Waals surface area contributed by atoms with E-state index in [4.69, 9.17) is 0 Å². The van der Waals surface area contributed by atoms with Crippen molar-refractivity contribution >= 4 is 5.69 Å². The van der Waals surface area contributed by atoms with Crippen LogP contribution in [-0.4, -0.2) is 41.1 Å². The normalized spacial score (nSPS) is 21.9. The lowest BCUT2D eigenvalue weighted by Gasteiger charge is -2.41. The summed E-state index contributed by atoms with van der Waals surface area (Å²) in [5, 5.41) is 24.3. The van der Waals surface area contributed by atoms with E-state index in [-0.39, 0.29) is 17.5 Å². The maximum atomic E-state index is 11.2. The third kappa shape index (κ3) is 3.64. The predicted molar refractivity (Wildman–Crippen MR) is 88.5 cm³/mol. The van der Waals surface area contributed by atoms with E-state index >= 15 is 0 Å². The molecule has 23 heavy (non-hydrogen) atoms. The molecule has 6 nitrogen and oxygen atoms in total. The second-order valence-corrected chi connectivity index (χ2v) is 6.63. The molecule has 6 heteroatoms. The highest BCUT2D eigenvalue weighted by molar-refractivity contribution is 5.48. The van der Waals surface area contributed by atoms with Gasteiger partial charge in [-0.1, -0.05) is 25.3 Å². The topological polar surface area (TPSA) is 78.6 Å². The van der Waals surface area contributed by atoms with Gasteiger partial charge in [0.1, 0.15) is 0 Å². The van der Waals surface area contributed by atoms with Gasteiger partial charge in [-0.2, -0.15) is 0 Å². The summed E-state index contributed by atoms with van der Waals surface area (Å²) in [4.78, 5) is 13.1. The molecule has 0 spiro atoms. The van der Waals surface area contributed by atoms with Crippen molar-refractivity contribution in [2.24, 2.45) is 5.92 Å². The molecule has 1 saturated heterocycles. The second-order valence-electron chi connectivity index (χ2n) is 6.63. The second kappa shape index (κ2) is 7.27. The smallest absolute Gasteiger partial charge is 0.311 e. The van der Waals surface area contributed by atoms with Crippen LogP contribution in [0.3, 0.4) is 0 Å². The predicted octanol–water partition coefficient (Wildman–Crippen LogP) is 2.83. The van der Waals surface area contributed by atoms with Gasteiger partial charge >= 0.3 is 5.69 Å². The lowest BCUT2D eigenvalue weighted by Crippen LogP contribution is -2.47. The Morgan fingerprint density at radius 1 is 1.22 bits per heavy atom. The van der Waals surface area contributed by atoms with Crippen molar-refractivity contribution in [3.63, 3.8) is 0 Å². The molecular weight excluding hydrogens is 294 g/mol. The number of rotatable bonds is 4. The van der Waals surface area contributed by atoms with Crippen LogP contribution in [-0.2, 0) is 0 Å². The molecule has 2 aliphatic rings. The first-order valence-electron chi connectivity index (χ1n) is 8.59. The number of hydrogen-bond donors (Lipinski definition) is 2. The molecule has 1 saturated carbocycles. The molecule has 0 amide bonds. The van der Waals surface area contributed by atoms with E-state index in [1.807, 2.05) is 6.07 Å². The number of nitro benzene ring substituents is 1. The fourth-order valence-electron chi connectivity index (χ4n) is 4.06. The Labute approximate surface area is 136 Å². The summed E-state index contributed by atoms with van der Waals surface area (Å²) in [5.74, 6) is 0.299. The van der Waals surface area contributed by atoms with Gasteiger partial charge in [-0.3, -0.25) is 15.0 Å². The highest BCUT2D eigenvalue weighted by atomic mass is 16.6. The number of piperazine rings is 1. The number of nitrogens with one attached hydrogen (secondary N) is 1. The van der Waals surface area contributed by atoms with E-state index in [0.29, 0.717) is 5.92 Å². The molecule has 1 atom stereocenters. The molecule has 0 radical (unpaired) electrons. The van der Waals surface area contributed by atoms with Gasteiger partial charge in [0.25, 0.3) is 0 Å². The number of benzene rings is 1. The summed E-state index contributed by atoms with van der Waals surface area (Å²) < 4.78 is 0.